The number of hydrogen-bond acceptors (Lipinski definition) is 3. The first-order valence-corrected chi connectivity index (χ1v) is 5.28. The highest BCUT2D eigenvalue weighted by molar-refractivity contribution is 5.30. The number of hydrogen-bond donors (Lipinski definition) is 1. The van der Waals surface area contributed by atoms with Crippen LogP contribution in [0.25, 0.3) is 0 Å². The standard InChI is InChI=1S/C12H13F3N2O/c1-18-6-5-17-11(8-16)9-3-2-4-10(7-9)12(13,14)15/h2-4,7,11,17H,5-6H2,1H3. The van der Waals surface area contributed by atoms with Crippen LogP contribution in [0.1, 0.15) is 17.2 Å². The molecule has 1 atom stereocenters. The molecule has 1 N–H and O–H groups in total. The molecule has 0 aliphatic rings. The van der Waals surface area contributed by atoms with Gasteiger partial charge in [-0.05, 0) is 17.7 Å². The molecule has 1 aromatic carbocycles. The predicted octanol–water partition coefficient (Wildman–Crippen LogP) is 2.51. The van der Waals surface area contributed by atoms with Crippen LogP contribution in [0.3, 0.4) is 0 Å². The van der Waals surface area contributed by atoms with Gasteiger partial charge >= 0.3 is 6.18 Å². The summed E-state index contributed by atoms with van der Waals surface area (Å²) >= 11 is 0. The molecule has 0 aliphatic heterocycles. The Morgan fingerprint density at radius 1 is 1.44 bits per heavy atom. The molecule has 1 rings (SSSR count). The Bertz CT molecular complexity index is 426. The zero-order valence-electron chi connectivity index (χ0n) is 9.79. The van der Waals surface area contributed by atoms with Crippen molar-refractivity contribution in [2.75, 3.05) is 20.3 Å². The average Bonchev–Trinajstić information content (AvgIpc) is 2.34. The van der Waals surface area contributed by atoms with Crippen LogP contribution < -0.4 is 5.32 Å². The minimum atomic E-state index is -4.40. The van der Waals surface area contributed by atoms with E-state index in [2.05, 4.69) is 5.32 Å². The van der Waals surface area contributed by atoms with Crippen LogP contribution in [-0.2, 0) is 10.9 Å². The maximum Gasteiger partial charge on any atom is 0.416 e. The van der Waals surface area contributed by atoms with Crippen molar-refractivity contribution >= 4 is 0 Å². The topological polar surface area (TPSA) is 45.0 Å². The lowest BCUT2D eigenvalue weighted by atomic mass is 10.0. The van der Waals surface area contributed by atoms with Gasteiger partial charge in [0.15, 0.2) is 0 Å². The number of nitrogens with one attached hydrogen (secondary N) is 1. The third kappa shape index (κ3) is 4.02. The van der Waals surface area contributed by atoms with E-state index in [0.29, 0.717) is 18.7 Å². The Labute approximate surface area is 103 Å². The third-order valence-electron chi connectivity index (χ3n) is 2.33. The Balaban J connectivity index is 2.84. The molecule has 0 radical (unpaired) electrons. The highest BCUT2D eigenvalue weighted by Crippen LogP contribution is 2.30. The third-order valence-corrected chi connectivity index (χ3v) is 2.33. The van der Waals surface area contributed by atoms with Crippen LogP contribution in [0.2, 0.25) is 0 Å². The van der Waals surface area contributed by atoms with Gasteiger partial charge in [0, 0.05) is 13.7 Å². The van der Waals surface area contributed by atoms with Gasteiger partial charge in [0.1, 0.15) is 6.04 Å². The quantitative estimate of drug-likeness (QED) is 0.825. The normalized spacial score (nSPS) is 13.1. The number of alkyl halides is 3. The van der Waals surface area contributed by atoms with Crippen LogP contribution in [0.15, 0.2) is 24.3 Å². The summed E-state index contributed by atoms with van der Waals surface area (Å²) in [5.41, 5.74) is -0.461. The molecule has 0 spiro atoms. The maximum atomic E-state index is 12.5. The van der Waals surface area contributed by atoms with Crippen LogP contribution in [0.5, 0.6) is 0 Å². The first-order chi connectivity index (χ1) is 8.49. The molecule has 0 aromatic heterocycles. The SMILES string of the molecule is COCCNC(C#N)c1cccc(C(F)(F)F)c1. The van der Waals surface area contributed by atoms with Crippen LogP contribution in [-0.4, -0.2) is 20.3 Å². The molecule has 18 heavy (non-hydrogen) atoms. The fraction of sp³-hybridized carbons (Fsp3) is 0.417. The molecule has 0 aliphatic carbocycles. The molecule has 0 amide bonds. The van der Waals surface area contributed by atoms with Crippen molar-refractivity contribution in [1.82, 2.24) is 5.32 Å². The Morgan fingerprint density at radius 2 is 2.17 bits per heavy atom. The summed E-state index contributed by atoms with van der Waals surface area (Å²) in [6.45, 7) is 0.780. The largest absolute Gasteiger partial charge is 0.416 e. The van der Waals surface area contributed by atoms with E-state index in [9.17, 15) is 13.2 Å². The number of rotatable bonds is 5. The van der Waals surface area contributed by atoms with E-state index in [1.54, 1.807) is 0 Å². The molecule has 0 heterocycles. The first-order valence-electron chi connectivity index (χ1n) is 5.28. The van der Waals surface area contributed by atoms with Gasteiger partial charge in [0.25, 0.3) is 0 Å². The molecular formula is C12H13F3N2O. The monoisotopic (exact) mass is 258 g/mol. The van der Waals surface area contributed by atoms with Gasteiger partial charge in [-0.1, -0.05) is 12.1 Å². The molecule has 0 saturated heterocycles. The molecule has 98 valence electrons. The molecule has 1 unspecified atom stereocenters. The van der Waals surface area contributed by atoms with Crippen LogP contribution in [0.4, 0.5) is 13.2 Å². The van der Waals surface area contributed by atoms with Crippen molar-refractivity contribution in [2.24, 2.45) is 0 Å². The lowest BCUT2D eigenvalue weighted by Crippen LogP contribution is -2.24. The lowest BCUT2D eigenvalue weighted by Gasteiger charge is -2.13. The number of nitriles is 1. The van der Waals surface area contributed by atoms with Gasteiger partial charge in [-0.2, -0.15) is 18.4 Å². The van der Waals surface area contributed by atoms with E-state index in [4.69, 9.17) is 10.00 Å². The van der Waals surface area contributed by atoms with Crippen molar-refractivity contribution in [3.05, 3.63) is 35.4 Å². The van der Waals surface area contributed by atoms with E-state index in [0.717, 1.165) is 12.1 Å². The van der Waals surface area contributed by atoms with Gasteiger partial charge in [0.05, 0.1) is 18.2 Å². The number of nitrogens with zero attached hydrogens (tertiary/aromatic N) is 1. The average molecular weight is 258 g/mol. The van der Waals surface area contributed by atoms with Crippen LogP contribution in [0, 0.1) is 11.3 Å². The Kier molecular flexibility index (Phi) is 5.13. The second-order valence-corrected chi connectivity index (χ2v) is 3.63. The fourth-order valence-electron chi connectivity index (χ4n) is 1.44. The number of methoxy groups -OCH3 is 1. The predicted molar refractivity (Wildman–Crippen MR) is 59.7 cm³/mol. The summed E-state index contributed by atoms with van der Waals surface area (Å²) in [7, 11) is 1.51. The van der Waals surface area contributed by atoms with E-state index in [1.165, 1.54) is 19.2 Å². The molecule has 0 fully saturated rings. The first kappa shape index (κ1) is 14.5. The van der Waals surface area contributed by atoms with Gasteiger partial charge < -0.3 is 4.74 Å². The van der Waals surface area contributed by atoms with Gasteiger partial charge in [-0.25, -0.2) is 0 Å². The number of benzene rings is 1. The van der Waals surface area contributed by atoms with Gasteiger partial charge in [-0.15, -0.1) is 0 Å². The van der Waals surface area contributed by atoms with Crippen molar-refractivity contribution < 1.29 is 17.9 Å². The molecule has 1 aromatic rings. The van der Waals surface area contributed by atoms with Crippen molar-refractivity contribution in [2.45, 2.75) is 12.2 Å². The van der Waals surface area contributed by atoms with Crippen molar-refractivity contribution in [3.63, 3.8) is 0 Å². The number of halogens is 3. The van der Waals surface area contributed by atoms with Gasteiger partial charge in [0.2, 0.25) is 0 Å². The summed E-state index contributed by atoms with van der Waals surface area (Å²) in [4.78, 5) is 0. The molecule has 3 nitrogen and oxygen atoms in total. The minimum absolute atomic E-state index is 0.295. The summed E-state index contributed by atoms with van der Waals surface area (Å²) in [6.07, 6.45) is -4.40. The maximum absolute atomic E-state index is 12.5. The zero-order chi connectivity index (χ0) is 13.6. The van der Waals surface area contributed by atoms with E-state index >= 15 is 0 Å². The van der Waals surface area contributed by atoms with E-state index in [-0.39, 0.29) is 0 Å². The molecule has 0 saturated carbocycles. The Hall–Kier alpha value is -1.58. The minimum Gasteiger partial charge on any atom is -0.383 e. The summed E-state index contributed by atoms with van der Waals surface area (Å²) < 4.78 is 42.4. The van der Waals surface area contributed by atoms with Crippen molar-refractivity contribution in [3.8, 4) is 6.07 Å². The molecule has 6 heteroatoms. The highest BCUT2D eigenvalue weighted by Gasteiger charge is 2.30. The van der Waals surface area contributed by atoms with E-state index < -0.39 is 17.8 Å². The van der Waals surface area contributed by atoms with Gasteiger partial charge in [-0.3, -0.25) is 5.32 Å². The summed E-state index contributed by atoms with van der Waals surface area (Å²) in [6, 6.07) is 5.89. The zero-order valence-corrected chi connectivity index (χ0v) is 9.79. The van der Waals surface area contributed by atoms with Crippen LogP contribution >= 0.6 is 0 Å². The highest BCUT2D eigenvalue weighted by atomic mass is 19.4. The second kappa shape index (κ2) is 6.38. The fourth-order valence-corrected chi connectivity index (χ4v) is 1.44. The Morgan fingerprint density at radius 3 is 2.72 bits per heavy atom. The van der Waals surface area contributed by atoms with E-state index in [1.807, 2.05) is 6.07 Å². The molecule has 0 bridgehead atoms. The summed E-state index contributed by atoms with van der Waals surface area (Å²) in [5.74, 6) is 0. The second-order valence-electron chi connectivity index (χ2n) is 3.63. The lowest BCUT2D eigenvalue weighted by molar-refractivity contribution is -0.137. The molecular weight excluding hydrogens is 245 g/mol. The smallest absolute Gasteiger partial charge is 0.383 e. The summed E-state index contributed by atoms with van der Waals surface area (Å²) in [5, 5.41) is 11.7. The van der Waals surface area contributed by atoms with Crippen molar-refractivity contribution in [1.29, 1.82) is 5.26 Å². The number of ether oxygens (including phenoxy) is 1.